The van der Waals surface area contributed by atoms with Crippen molar-refractivity contribution in [3.05, 3.63) is 35.5 Å². The highest BCUT2D eigenvalue weighted by atomic mass is 16.5. The van der Waals surface area contributed by atoms with Crippen LogP contribution >= 0.6 is 0 Å². The molecule has 0 spiro atoms. The van der Waals surface area contributed by atoms with Crippen LogP contribution in [-0.2, 0) is 4.79 Å². The van der Waals surface area contributed by atoms with Crippen LogP contribution < -0.4 is 15.6 Å². The first kappa shape index (κ1) is 14.4. The van der Waals surface area contributed by atoms with Crippen LogP contribution in [0.25, 0.3) is 6.08 Å². The molecule has 20 heavy (non-hydrogen) atoms. The van der Waals surface area contributed by atoms with E-state index in [1.54, 1.807) is 0 Å². The Hall–Kier alpha value is -1.97. The first-order chi connectivity index (χ1) is 9.55. The van der Waals surface area contributed by atoms with Crippen molar-refractivity contribution in [3.63, 3.8) is 0 Å². The number of hydrogen-bond acceptors (Lipinski definition) is 3. The minimum absolute atomic E-state index is 0.0202. The third-order valence-corrected chi connectivity index (χ3v) is 3.53. The van der Waals surface area contributed by atoms with Crippen molar-refractivity contribution in [1.29, 1.82) is 0 Å². The Kier molecular flexibility index (Phi) is 4.32. The van der Waals surface area contributed by atoms with Crippen LogP contribution in [-0.4, -0.2) is 12.5 Å². The molecule has 1 aliphatic heterocycles. The Morgan fingerprint density at radius 1 is 1.25 bits per heavy atom. The van der Waals surface area contributed by atoms with E-state index in [0.29, 0.717) is 6.61 Å². The lowest BCUT2D eigenvalue weighted by atomic mass is 9.89. The Bertz CT molecular complexity index is 521. The minimum atomic E-state index is -0.545. The van der Waals surface area contributed by atoms with Gasteiger partial charge in [-0.25, -0.2) is 0 Å². The first-order valence-electron chi connectivity index (χ1n) is 7.06. The maximum Gasteiger partial charge on any atom is 0.249 e. The van der Waals surface area contributed by atoms with Gasteiger partial charge in [0, 0.05) is 11.3 Å². The fraction of sp³-hybridized carbons (Fsp3) is 0.438. The molecule has 1 saturated heterocycles. The molecule has 1 aliphatic rings. The molecule has 0 unspecified atom stereocenters. The Balaban J connectivity index is 2.23. The van der Waals surface area contributed by atoms with Crippen molar-refractivity contribution >= 4 is 12.0 Å². The van der Waals surface area contributed by atoms with Gasteiger partial charge in [0.15, 0.2) is 0 Å². The molecule has 0 saturated carbocycles. The summed E-state index contributed by atoms with van der Waals surface area (Å²) in [7, 11) is 0. The van der Waals surface area contributed by atoms with E-state index in [2.05, 4.69) is 17.8 Å². The Morgan fingerprint density at radius 2 is 2.00 bits per heavy atom. The van der Waals surface area contributed by atoms with Crippen LogP contribution in [0.2, 0.25) is 0 Å². The van der Waals surface area contributed by atoms with Crippen LogP contribution in [0.1, 0.15) is 39.2 Å². The van der Waals surface area contributed by atoms with Gasteiger partial charge in [-0.3, -0.25) is 10.2 Å². The van der Waals surface area contributed by atoms with Crippen LogP contribution in [0, 0.1) is 5.41 Å². The molecule has 4 heteroatoms. The zero-order valence-electron chi connectivity index (χ0n) is 12.3. The second kappa shape index (κ2) is 5.99. The predicted octanol–water partition coefficient (Wildman–Crippen LogP) is 2.87. The molecule has 0 aliphatic carbocycles. The number of carbonyl (C=O) groups excluding carboxylic acids is 1. The molecular weight excluding hydrogens is 252 g/mol. The summed E-state index contributed by atoms with van der Waals surface area (Å²) in [6, 6.07) is 7.88. The van der Waals surface area contributed by atoms with Crippen LogP contribution in [0.5, 0.6) is 5.75 Å². The zero-order chi connectivity index (χ0) is 14.6. The SMILES string of the molecule is CCCCOc1ccccc1/C=C1\NNC(=O)C1(C)C. The molecule has 108 valence electrons. The maximum atomic E-state index is 11.7. The number of para-hydroxylation sites is 1. The van der Waals surface area contributed by atoms with Crippen molar-refractivity contribution in [1.82, 2.24) is 10.9 Å². The molecule has 0 radical (unpaired) electrons. The third kappa shape index (κ3) is 2.95. The number of nitrogens with one attached hydrogen (secondary N) is 2. The van der Waals surface area contributed by atoms with E-state index < -0.39 is 5.41 Å². The predicted molar refractivity (Wildman–Crippen MR) is 79.9 cm³/mol. The second-order valence-electron chi connectivity index (χ2n) is 5.50. The topological polar surface area (TPSA) is 50.4 Å². The van der Waals surface area contributed by atoms with Crippen LogP contribution in [0.15, 0.2) is 30.0 Å². The van der Waals surface area contributed by atoms with E-state index in [0.717, 1.165) is 29.9 Å². The molecule has 1 fully saturated rings. The summed E-state index contributed by atoms with van der Waals surface area (Å²) < 4.78 is 5.81. The van der Waals surface area contributed by atoms with Gasteiger partial charge in [-0.1, -0.05) is 31.5 Å². The molecule has 1 amide bonds. The van der Waals surface area contributed by atoms with E-state index in [1.165, 1.54) is 0 Å². The summed E-state index contributed by atoms with van der Waals surface area (Å²) in [5.74, 6) is 0.832. The average molecular weight is 274 g/mol. The average Bonchev–Trinajstić information content (AvgIpc) is 2.68. The van der Waals surface area contributed by atoms with Gasteiger partial charge in [0.05, 0.1) is 12.0 Å². The lowest BCUT2D eigenvalue weighted by Crippen LogP contribution is -2.28. The van der Waals surface area contributed by atoms with Gasteiger partial charge in [0.2, 0.25) is 5.91 Å². The lowest BCUT2D eigenvalue weighted by Gasteiger charge is -2.15. The summed E-state index contributed by atoms with van der Waals surface area (Å²) in [6.45, 7) is 6.65. The van der Waals surface area contributed by atoms with Gasteiger partial charge < -0.3 is 10.2 Å². The number of hydrogen-bond donors (Lipinski definition) is 2. The summed E-state index contributed by atoms with van der Waals surface area (Å²) >= 11 is 0. The molecule has 0 aromatic heterocycles. The standard InChI is InChI=1S/C16H22N2O2/c1-4-5-10-20-13-9-7-6-8-12(13)11-14-16(2,3)15(19)18-17-14/h6-9,11,17H,4-5,10H2,1-3H3,(H,18,19)/b14-11-. The normalized spacial score (nSPS) is 18.8. The van der Waals surface area contributed by atoms with Crippen molar-refractivity contribution in [3.8, 4) is 5.75 Å². The quantitative estimate of drug-likeness (QED) is 0.812. The highest BCUT2D eigenvalue weighted by Crippen LogP contribution is 2.31. The maximum absolute atomic E-state index is 11.7. The highest BCUT2D eigenvalue weighted by Gasteiger charge is 2.37. The fourth-order valence-corrected chi connectivity index (χ4v) is 1.99. The molecule has 4 nitrogen and oxygen atoms in total. The van der Waals surface area contributed by atoms with Crippen molar-refractivity contribution in [2.45, 2.75) is 33.6 Å². The van der Waals surface area contributed by atoms with E-state index >= 15 is 0 Å². The van der Waals surface area contributed by atoms with Crippen molar-refractivity contribution < 1.29 is 9.53 Å². The molecule has 2 rings (SSSR count). The smallest absolute Gasteiger partial charge is 0.249 e. The molecular formula is C16H22N2O2. The lowest BCUT2D eigenvalue weighted by molar-refractivity contribution is -0.125. The molecule has 0 bridgehead atoms. The zero-order valence-corrected chi connectivity index (χ0v) is 12.3. The molecule has 1 heterocycles. The Morgan fingerprint density at radius 3 is 2.65 bits per heavy atom. The summed E-state index contributed by atoms with van der Waals surface area (Å²) in [6.07, 6.45) is 4.12. The third-order valence-electron chi connectivity index (χ3n) is 3.53. The van der Waals surface area contributed by atoms with E-state index in [4.69, 9.17) is 4.74 Å². The molecule has 1 aromatic rings. The van der Waals surface area contributed by atoms with E-state index in [1.807, 2.05) is 44.2 Å². The number of rotatable bonds is 5. The van der Waals surface area contributed by atoms with Gasteiger partial charge in [0.1, 0.15) is 5.75 Å². The first-order valence-corrected chi connectivity index (χ1v) is 7.06. The van der Waals surface area contributed by atoms with E-state index in [9.17, 15) is 4.79 Å². The number of unbranched alkanes of at least 4 members (excludes halogenated alkanes) is 1. The molecule has 0 atom stereocenters. The summed E-state index contributed by atoms with van der Waals surface area (Å²) in [5.41, 5.74) is 6.89. The van der Waals surface area contributed by atoms with Gasteiger partial charge in [-0.05, 0) is 32.4 Å². The van der Waals surface area contributed by atoms with Gasteiger partial charge in [-0.15, -0.1) is 0 Å². The highest BCUT2D eigenvalue weighted by molar-refractivity contribution is 5.89. The largest absolute Gasteiger partial charge is 0.493 e. The van der Waals surface area contributed by atoms with Crippen LogP contribution in [0.4, 0.5) is 0 Å². The number of benzene rings is 1. The molecule has 1 aromatic carbocycles. The number of amides is 1. The van der Waals surface area contributed by atoms with Crippen molar-refractivity contribution in [2.24, 2.45) is 5.41 Å². The molecule has 2 N–H and O–H groups in total. The van der Waals surface area contributed by atoms with Gasteiger partial charge in [0.25, 0.3) is 0 Å². The fourth-order valence-electron chi connectivity index (χ4n) is 1.99. The van der Waals surface area contributed by atoms with Gasteiger partial charge in [-0.2, -0.15) is 0 Å². The minimum Gasteiger partial charge on any atom is -0.493 e. The monoisotopic (exact) mass is 274 g/mol. The second-order valence-corrected chi connectivity index (χ2v) is 5.50. The van der Waals surface area contributed by atoms with Gasteiger partial charge >= 0.3 is 0 Å². The summed E-state index contributed by atoms with van der Waals surface area (Å²) in [5, 5.41) is 0. The Labute approximate surface area is 120 Å². The summed E-state index contributed by atoms with van der Waals surface area (Å²) in [4.78, 5) is 11.7. The number of carbonyl (C=O) groups is 1. The number of ether oxygens (including phenoxy) is 1. The van der Waals surface area contributed by atoms with Crippen LogP contribution in [0.3, 0.4) is 0 Å². The van der Waals surface area contributed by atoms with Crippen molar-refractivity contribution in [2.75, 3.05) is 6.61 Å². The number of hydrazine groups is 1. The van der Waals surface area contributed by atoms with E-state index in [-0.39, 0.29) is 5.91 Å².